The van der Waals surface area contributed by atoms with E-state index in [1.807, 2.05) is 0 Å². The lowest BCUT2D eigenvalue weighted by Crippen LogP contribution is -2.42. The summed E-state index contributed by atoms with van der Waals surface area (Å²) in [5, 5.41) is 46.8. The molecule has 1 aliphatic heterocycles. The largest absolute Gasteiger partial charge is 0.480 e. The summed E-state index contributed by atoms with van der Waals surface area (Å²) in [5.41, 5.74) is 2.29. The summed E-state index contributed by atoms with van der Waals surface area (Å²) >= 11 is 0. The van der Waals surface area contributed by atoms with Gasteiger partial charge in [0.1, 0.15) is 42.6 Å². The van der Waals surface area contributed by atoms with Gasteiger partial charge in [0.2, 0.25) is 0 Å². The van der Waals surface area contributed by atoms with E-state index in [0.29, 0.717) is 53.9 Å². The van der Waals surface area contributed by atoms with E-state index in [1.165, 1.54) is 25.1 Å². The standard InChI is InChI=1S/C39H37N5O14S/c1-19-9-11-24-27(13-19)58-28-14-23(10-12-25(28)34(24)26-7-5-6-8-29(26)59(55,56)57)40-35-20(2)36(41-38(53)43(15-30(45)46)16-31(47)48)22(4)37(21(35)3)42-39(54)44(17-32(49)50)18-33(51)52/h5-14,40H,1,15-18H2,2-4H3,(H,41,53)(H,42,54)(H,45,46)(H,47,48)(H,49,50)(H,51,52)(H,55,56,57). The molecule has 0 bridgehead atoms. The first-order chi connectivity index (χ1) is 27.7. The molecule has 1 heterocycles. The number of fused-ring (bicyclic) bond motifs is 2. The quantitative estimate of drug-likeness (QED) is 0.0745. The van der Waals surface area contributed by atoms with Crippen molar-refractivity contribution in [2.24, 2.45) is 0 Å². The summed E-state index contributed by atoms with van der Waals surface area (Å²) in [6, 6.07) is 13.5. The van der Waals surface area contributed by atoms with Crippen molar-refractivity contribution < 1.29 is 66.9 Å². The van der Waals surface area contributed by atoms with E-state index >= 15 is 0 Å². The molecule has 8 N–H and O–H groups in total. The van der Waals surface area contributed by atoms with E-state index in [-0.39, 0.29) is 38.8 Å². The number of amides is 4. The summed E-state index contributed by atoms with van der Waals surface area (Å²) in [5.74, 6) is -5.46. The maximum Gasteiger partial charge on any atom is 0.323 e. The molecule has 0 radical (unpaired) electrons. The maximum absolute atomic E-state index is 13.4. The highest BCUT2D eigenvalue weighted by Crippen LogP contribution is 2.43. The topological polar surface area (TPSA) is 290 Å². The lowest BCUT2D eigenvalue weighted by atomic mass is 9.92. The zero-order chi connectivity index (χ0) is 43.5. The maximum atomic E-state index is 13.4. The molecular weight excluding hydrogens is 795 g/mol. The molecule has 0 aliphatic carbocycles. The Hall–Kier alpha value is -7.45. The fourth-order valence-corrected chi connectivity index (χ4v) is 7.25. The number of anilines is 4. The van der Waals surface area contributed by atoms with Gasteiger partial charge in [-0.1, -0.05) is 36.9 Å². The number of urea groups is 2. The highest BCUT2D eigenvalue weighted by molar-refractivity contribution is 7.86. The Morgan fingerprint density at radius 3 is 1.63 bits per heavy atom. The molecule has 1 aliphatic rings. The first-order valence-corrected chi connectivity index (χ1v) is 18.7. The number of hydrogen-bond donors (Lipinski definition) is 8. The van der Waals surface area contributed by atoms with Crippen LogP contribution in [-0.2, 0) is 29.3 Å². The third-order valence-corrected chi connectivity index (χ3v) is 9.99. The molecule has 4 aromatic rings. The molecule has 0 unspecified atom stereocenters. The molecule has 5 rings (SSSR count). The van der Waals surface area contributed by atoms with Crippen LogP contribution in [0.2, 0.25) is 0 Å². The Morgan fingerprint density at radius 1 is 0.644 bits per heavy atom. The first-order valence-electron chi connectivity index (χ1n) is 17.3. The molecule has 19 nitrogen and oxygen atoms in total. The molecule has 4 aromatic carbocycles. The minimum Gasteiger partial charge on any atom is -0.480 e. The van der Waals surface area contributed by atoms with Crippen molar-refractivity contribution in [1.82, 2.24) is 9.80 Å². The second-order valence-electron chi connectivity index (χ2n) is 13.3. The van der Waals surface area contributed by atoms with Crippen LogP contribution in [0.5, 0.6) is 11.5 Å². The van der Waals surface area contributed by atoms with Gasteiger partial charge in [-0.2, -0.15) is 8.42 Å². The van der Waals surface area contributed by atoms with Crippen LogP contribution < -0.4 is 31.1 Å². The fraction of sp³-hybridized carbons (Fsp3) is 0.179. The smallest absolute Gasteiger partial charge is 0.323 e. The third-order valence-electron chi connectivity index (χ3n) is 9.08. The highest BCUT2D eigenvalue weighted by Gasteiger charge is 2.29. The second kappa shape index (κ2) is 17.0. The van der Waals surface area contributed by atoms with Crippen LogP contribution in [0, 0.1) is 20.8 Å². The van der Waals surface area contributed by atoms with Crippen molar-refractivity contribution in [3.63, 3.8) is 0 Å². The number of carbonyl (C=O) groups excluding carboxylic acids is 2. The second-order valence-corrected chi connectivity index (χ2v) is 14.7. The van der Waals surface area contributed by atoms with E-state index in [9.17, 15) is 62.2 Å². The number of ether oxygens (including phenoxy) is 1. The van der Waals surface area contributed by atoms with Gasteiger partial charge >= 0.3 is 35.9 Å². The predicted octanol–water partition coefficient (Wildman–Crippen LogP) is 3.37. The summed E-state index contributed by atoms with van der Waals surface area (Å²) in [4.78, 5) is 73.5. The normalized spacial score (nSPS) is 11.6. The number of aliphatic carboxylic acids is 4. The molecule has 20 heteroatoms. The van der Waals surface area contributed by atoms with Gasteiger partial charge in [-0.25, -0.2) is 9.59 Å². The molecule has 308 valence electrons. The minimum atomic E-state index is -4.69. The van der Waals surface area contributed by atoms with Crippen molar-refractivity contribution in [2.45, 2.75) is 25.7 Å². The van der Waals surface area contributed by atoms with Gasteiger partial charge in [-0.3, -0.25) is 23.7 Å². The molecule has 59 heavy (non-hydrogen) atoms. The first kappa shape index (κ1) is 42.7. The van der Waals surface area contributed by atoms with Crippen LogP contribution in [0.25, 0.3) is 12.2 Å². The van der Waals surface area contributed by atoms with E-state index < -0.39 is 72.2 Å². The van der Waals surface area contributed by atoms with Crippen molar-refractivity contribution in [1.29, 1.82) is 0 Å². The monoisotopic (exact) mass is 831 g/mol. The SMILES string of the molecule is C=c1ccc2c(c1)Oc1cc(Nc3c(C)c(NC(=O)N(CC(=O)O)CC(=O)O)c(C)c(NC(=O)N(CC(=O)O)CC(=O)O)c3C)ccc1C=2c1ccccc1S(=O)(=O)O. The van der Waals surface area contributed by atoms with Gasteiger partial charge < -0.3 is 50.9 Å². The average Bonchev–Trinajstić information content (AvgIpc) is 3.14. The minimum absolute atomic E-state index is 0.0225. The summed E-state index contributed by atoms with van der Waals surface area (Å²) < 4.78 is 41.4. The van der Waals surface area contributed by atoms with E-state index in [1.54, 1.807) is 56.3 Å². The summed E-state index contributed by atoms with van der Waals surface area (Å²) in [6.07, 6.45) is 0. The molecule has 0 saturated carbocycles. The molecule has 4 amide bonds. The number of rotatable bonds is 14. The third kappa shape index (κ3) is 9.58. The number of nitrogens with zero attached hydrogens (tertiary/aromatic N) is 2. The van der Waals surface area contributed by atoms with Gasteiger partial charge in [0.15, 0.2) is 0 Å². The molecule has 0 fully saturated rings. The van der Waals surface area contributed by atoms with Gasteiger partial charge in [-0.05, 0) is 66.9 Å². The Balaban J connectivity index is 1.67. The van der Waals surface area contributed by atoms with Crippen LogP contribution in [0.1, 0.15) is 27.8 Å². The van der Waals surface area contributed by atoms with Crippen LogP contribution in [-0.4, -0.2) is 105 Å². The van der Waals surface area contributed by atoms with Crippen LogP contribution >= 0.6 is 0 Å². The van der Waals surface area contributed by atoms with Crippen molar-refractivity contribution >= 4 is 81.0 Å². The van der Waals surface area contributed by atoms with Gasteiger partial charge in [0.05, 0.1) is 11.4 Å². The Morgan fingerprint density at radius 2 is 1.14 bits per heavy atom. The summed E-state index contributed by atoms with van der Waals surface area (Å²) in [7, 11) is -4.69. The molecule has 0 atom stereocenters. The lowest BCUT2D eigenvalue weighted by Gasteiger charge is -2.27. The highest BCUT2D eigenvalue weighted by atomic mass is 32.2. The summed E-state index contributed by atoms with van der Waals surface area (Å²) in [6.45, 7) is 4.57. The lowest BCUT2D eigenvalue weighted by molar-refractivity contribution is -0.142. The zero-order valence-electron chi connectivity index (χ0n) is 31.5. The Labute approximate surface area is 335 Å². The number of hydrogen-bond acceptors (Lipinski definition) is 10. The molecular formula is C39H37N5O14S. The molecule has 0 aromatic heterocycles. The van der Waals surface area contributed by atoms with Gasteiger partial charge in [-0.15, -0.1) is 0 Å². The number of nitrogens with one attached hydrogen (secondary N) is 3. The van der Waals surface area contributed by atoms with E-state index in [2.05, 4.69) is 22.5 Å². The predicted molar refractivity (Wildman–Crippen MR) is 211 cm³/mol. The fourth-order valence-electron chi connectivity index (χ4n) is 6.55. The van der Waals surface area contributed by atoms with Crippen molar-refractivity contribution in [3.8, 4) is 11.5 Å². The number of carbonyl (C=O) groups is 6. The van der Waals surface area contributed by atoms with Gasteiger partial charge in [0.25, 0.3) is 10.1 Å². The Bertz CT molecular complexity index is 2570. The van der Waals surface area contributed by atoms with Crippen LogP contribution in [0.3, 0.4) is 0 Å². The van der Waals surface area contributed by atoms with Gasteiger partial charge in [0, 0.05) is 39.4 Å². The van der Waals surface area contributed by atoms with Crippen molar-refractivity contribution in [2.75, 3.05) is 42.1 Å². The van der Waals surface area contributed by atoms with E-state index in [4.69, 9.17) is 4.74 Å². The van der Waals surface area contributed by atoms with E-state index in [0.717, 1.165) is 0 Å². The number of carboxylic acid groups (broad SMARTS) is 4. The van der Waals surface area contributed by atoms with Crippen LogP contribution in [0.4, 0.5) is 32.3 Å². The average molecular weight is 832 g/mol. The zero-order valence-corrected chi connectivity index (χ0v) is 32.3. The van der Waals surface area contributed by atoms with Crippen LogP contribution in [0.15, 0.2) is 65.6 Å². The number of benzene rings is 4. The molecule has 0 spiro atoms. The molecule has 0 saturated heterocycles. The van der Waals surface area contributed by atoms with Crippen molar-refractivity contribution in [3.05, 3.63) is 98.9 Å². The number of carboxylic acids is 4. The Kier molecular flexibility index (Phi) is 12.3.